The Morgan fingerprint density at radius 1 is 0.905 bits per heavy atom. The predicted octanol–water partition coefficient (Wildman–Crippen LogP) is 6.39. The quantitative estimate of drug-likeness (QED) is 0.175. The topological polar surface area (TPSA) is 101 Å². The number of halogens is 3. The summed E-state index contributed by atoms with van der Waals surface area (Å²) in [6, 6.07) is 14.6. The molecule has 8 nitrogen and oxygen atoms in total. The van der Waals surface area contributed by atoms with Crippen molar-refractivity contribution in [3.05, 3.63) is 94.1 Å². The van der Waals surface area contributed by atoms with Gasteiger partial charge in [0.15, 0.2) is 0 Å². The Morgan fingerprint density at radius 3 is 2.31 bits per heavy atom. The molecule has 0 saturated carbocycles. The van der Waals surface area contributed by atoms with Crippen molar-refractivity contribution in [1.82, 2.24) is 9.88 Å². The molecule has 0 aliphatic rings. The molecule has 0 bridgehead atoms. The van der Waals surface area contributed by atoms with E-state index < -0.39 is 23.4 Å². The number of amides is 3. The molecule has 1 aromatic heterocycles. The van der Waals surface area contributed by atoms with Crippen LogP contribution in [0, 0.1) is 17.6 Å². The van der Waals surface area contributed by atoms with Crippen LogP contribution in [0.2, 0.25) is 5.02 Å². The Bertz CT molecular complexity index is 1620. The van der Waals surface area contributed by atoms with Gasteiger partial charge in [0.25, 0.3) is 11.8 Å². The molecule has 42 heavy (non-hydrogen) atoms. The lowest BCUT2D eigenvalue weighted by atomic mass is 10.1. The number of aryl methyl sites for hydroxylation is 1. The molecule has 4 aromatic rings. The molecular weight excluding hydrogens is 566 g/mol. The SMILES string of the molecule is COCCCn1c(C(=O)Nc2cc(F)cc(F)c2)cc2cc(NC(=O)c3cc(CNC(=O)C(C)C)ccc3Cl)ccc21. The lowest BCUT2D eigenvalue weighted by Gasteiger charge is -2.12. The summed E-state index contributed by atoms with van der Waals surface area (Å²) in [5, 5.41) is 9.13. The summed E-state index contributed by atoms with van der Waals surface area (Å²) >= 11 is 6.32. The molecule has 11 heteroatoms. The number of benzene rings is 3. The first-order chi connectivity index (χ1) is 20.0. The lowest BCUT2D eigenvalue weighted by Crippen LogP contribution is -2.27. The van der Waals surface area contributed by atoms with Crippen LogP contribution < -0.4 is 16.0 Å². The zero-order chi connectivity index (χ0) is 30.4. The highest BCUT2D eigenvalue weighted by Gasteiger charge is 2.18. The minimum absolute atomic E-state index is 0.0120. The van der Waals surface area contributed by atoms with Crippen LogP contribution in [0.5, 0.6) is 0 Å². The van der Waals surface area contributed by atoms with Crippen molar-refractivity contribution < 1.29 is 27.9 Å². The van der Waals surface area contributed by atoms with E-state index in [1.54, 1.807) is 68.0 Å². The zero-order valence-electron chi connectivity index (χ0n) is 23.4. The number of fused-ring (bicyclic) bond motifs is 1. The molecule has 3 aromatic carbocycles. The van der Waals surface area contributed by atoms with Crippen molar-refractivity contribution in [2.24, 2.45) is 5.92 Å². The molecule has 3 N–H and O–H groups in total. The number of ether oxygens (including phenoxy) is 1. The number of aromatic nitrogens is 1. The van der Waals surface area contributed by atoms with E-state index in [1.165, 1.54) is 0 Å². The number of anilines is 2. The summed E-state index contributed by atoms with van der Waals surface area (Å²) in [6.07, 6.45) is 0.611. The fourth-order valence-corrected chi connectivity index (χ4v) is 4.62. The van der Waals surface area contributed by atoms with E-state index in [2.05, 4.69) is 16.0 Å². The van der Waals surface area contributed by atoms with Crippen molar-refractivity contribution in [3.63, 3.8) is 0 Å². The summed E-state index contributed by atoms with van der Waals surface area (Å²) < 4.78 is 34.3. The van der Waals surface area contributed by atoms with Gasteiger partial charge >= 0.3 is 0 Å². The Balaban J connectivity index is 1.58. The van der Waals surface area contributed by atoms with Crippen LogP contribution in [0.4, 0.5) is 20.2 Å². The fraction of sp³-hybridized carbons (Fsp3) is 0.258. The Hall–Kier alpha value is -4.28. The third kappa shape index (κ3) is 7.51. The van der Waals surface area contributed by atoms with Gasteiger partial charge in [0.1, 0.15) is 17.3 Å². The van der Waals surface area contributed by atoms with Crippen molar-refractivity contribution in [2.45, 2.75) is 33.4 Å². The largest absolute Gasteiger partial charge is 0.385 e. The second kappa shape index (κ2) is 13.6. The third-order valence-electron chi connectivity index (χ3n) is 6.51. The molecule has 0 atom stereocenters. The van der Waals surface area contributed by atoms with E-state index >= 15 is 0 Å². The molecule has 0 radical (unpaired) electrons. The van der Waals surface area contributed by atoms with Crippen LogP contribution in [0.1, 0.15) is 46.7 Å². The Morgan fingerprint density at radius 2 is 1.62 bits per heavy atom. The first kappa shape index (κ1) is 30.7. The van der Waals surface area contributed by atoms with Crippen LogP contribution in [0.15, 0.2) is 60.7 Å². The number of nitrogens with one attached hydrogen (secondary N) is 3. The maximum Gasteiger partial charge on any atom is 0.272 e. The number of carbonyl (C=O) groups is 3. The normalized spacial score (nSPS) is 11.1. The fourth-order valence-electron chi connectivity index (χ4n) is 4.41. The van der Waals surface area contributed by atoms with Crippen molar-refractivity contribution in [3.8, 4) is 0 Å². The maximum absolute atomic E-state index is 13.7. The summed E-state index contributed by atoms with van der Waals surface area (Å²) in [4.78, 5) is 38.3. The molecule has 1 heterocycles. The summed E-state index contributed by atoms with van der Waals surface area (Å²) in [5.74, 6) is -2.88. The van der Waals surface area contributed by atoms with Crippen molar-refractivity contribution in [2.75, 3.05) is 24.4 Å². The molecule has 3 amide bonds. The van der Waals surface area contributed by atoms with Crippen LogP contribution in [-0.2, 0) is 22.6 Å². The molecule has 0 unspecified atom stereocenters. The van der Waals surface area contributed by atoms with E-state index in [1.807, 2.05) is 0 Å². The number of hydrogen-bond donors (Lipinski definition) is 3. The highest BCUT2D eigenvalue weighted by atomic mass is 35.5. The smallest absolute Gasteiger partial charge is 0.272 e. The lowest BCUT2D eigenvalue weighted by molar-refractivity contribution is -0.124. The summed E-state index contributed by atoms with van der Waals surface area (Å²) in [5.41, 5.74) is 2.41. The van der Waals surface area contributed by atoms with Crippen LogP contribution in [0.3, 0.4) is 0 Å². The molecule has 0 saturated heterocycles. The zero-order valence-corrected chi connectivity index (χ0v) is 24.1. The highest BCUT2D eigenvalue weighted by molar-refractivity contribution is 6.34. The van der Waals surface area contributed by atoms with E-state index in [0.717, 1.165) is 29.3 Å². The van der Waals surface area contributed by atoms with Gasteiger partial charge in [-0.05, 0) is 60.5 Å². The van der Waals surface area contributed by atoms with Gasteiger partial charge in [0, 0.05) is 61.1 Å². The van der Waals surface area contributed by atoms with Crippen molar-refractivity contribution in [1.29, 1.82) is 0 Å². The molecule has 0 aliphatic heterocycles. The maximum atomic E-state index is 13.7. The van der Waals surface area contributed by atoms with Gasteiger partial charge in [0.05, 0.1) is 10.6 Å². The molecule has 0 fully saturated rings. The first-order valence-electron chi connectivity index (χ1n) is 13.3. The number of nitrogens with zero attached hydrogens (tertiary/aromatic N) is 1. The van der Waals surface area contributed by atoms with E-state index in [0.29, 0.717) is 30.6 Å². The van der Waals surface area contributed by atoms with Crippen LogP contribution in [-0.4, -0.2) is 36.0 Å². The average Bonchev–Trinajstić information content (AvgIpc) is 3.29. The van der Waals surface area contributed by atoms with Gasteiger partial charge in [0.2, 0.25) is 5.91 Å². The molecular formula is C31H31ClF2N4O4. The monoisotopic (exact) mass is 596 g/mol. The number of rotatable bonds is 11. The van der Waals surface area contributed by atoms with Crippen molar-refractivity contribution >= 4 is 51.6 Å². The summed E-state index contributed by atoms with van der Waals surface area (Å²) in [6.45, 7) is 4.75. The standard InChI is InChI=1S/C31H31ClF2N4O4/c1-18(2)29(39)35-17-19-5-7-26(32)25(11-19)30(40)36-23-6-8-27-20(12-23)13-28(38(27)9-4-10-42-3)31(41)37-24-15-21(33)14-22(34)16-24/h5-8,11-16,18H,4,9-10,17H2,1-3H3,(H,35,39)(H,36,40)(H,37,41). The second-order valence-electron chi connectivity index (χ2n) is 10.1. The first-order valence-corrected chi connectivity index (χ1v) is 13.7. The number of methoxy groups -OCH3 is 1. The van der Waals surface area contributed by atoms with E-state index in [9.17, 15) is 23.2 Å². The Kier molecular flexibility index (Phi) is 9.92. The average molecular weight is 597 g/mol. The number of hydrogen-bond acceptors (Lipinski definition) is 4. The third-order valence-corrected chi connectivity index (χ3v) is 6.84. The summed E-state index contributed by atoms with van der Waals surface area (Å²) in [7, 11) is 1.58. The van der Waals surface area contributed by atoms with Gasteiger partial charge in [-0.15, -0.1) is 0 Å². The Labute approximate surface area is 247 Å². The molecule has 4 rings (SSSR count). The van der Waals surface area contributed by atoms with Gasteiger partial charge in [-0.1, -0.05) is 31.5 Å². The van der Waals surface area contributed by atoms with E-state index in [-0.39, 0.29) is 40.3 Å². The van der Waals surface area contributed by atoms with Gasteiger partial charge < -0.3 is 25.3 Å². The van der Waals surface area contributed by atoms with Gasteiger partial charge in [-0.2, -0.15) is 0 Å². The predicted molar refractivity (Wildman–Crippen MR) is 159 cm³/mol. The van der Waals surface area contributed by atoms with Crippen LogP contribution in [0.25, 0.3) is 10.9 Å². The molecule has 0 spiro atoms. The van der Waals surface area contributed by atoms with Crippen LogP contribution >= 0.6 is 11.6 Å². The van der Waals surface area contributed by atoms with Gasteiger partial charge in [-0.3, -0.25) is 14.4 Å². The minimum atomic E-state index is -0.808. The second-order valence-corrected chi connectivity index (χ2v) is 10.5. The minimum Gasteiger partial charge on any atom is -0.385 e. The van der Waals surface area contributed by atoms with E-state index in [4.69, 9.17) is 16.3 Å². The highest BCUT2D eigenvalue weighted by Crippen LogP contribution is 2.27. The van der Waals surface area contributed by atoms with Gasteiger partial charge in [-0.25, -0.2) is 8.78 Å². The number of carbonyl (C=O) groups excluding carboxylic acids is 3. The molecule has 220 valence electrons. The molecule has 0 aliphatic carbocycles.